The second-order valence-corrected chi connectivity index (χ2v) is 4.86. The summed E-state index contributed by atoms with van der Waals surface area (Å²) in [6.45, 7) is 3.26. The first kappa shape index (κ1) is 12.1. The van der Waals surface area contributed by atoms with Gasteiger partial charge in [0, 0.05) is 10.9 Å². The van der Waals surface area contributed by atoms with Crippen molar-refractivity contribution < 1.29 is 13.9 Å². The molecule has 0 aliphatic rings. The molecule has 0 bridgehead atoms. The first-order chi connectivity index (χ1) is 8.00. The molecule has 0 aliphatic heterocycles. The first-order valence-electron chi connectivity index (χ1n) is 5.05. The van der Waals surface area contributed by atoms with Crippen molar-refractivity contribution in [2.75, 3.05) is 0 Å². The van der Waals surface area contributed by atoms with Gasteiger partial charge in [0.25, 0.3) is 0 Å². The zero-order valence-corrected chi connectivity index (χ0v) is 10.2. The van der Waals surface area contributed by atoms with Gasteiger partial charge in [0.05, 0.1) is 10.7 Å². The minimum absolute atomic E-state index is 0.0848. The lowest BCUT2D eigenvalue weighted by Crippen LogP contribution is -2.05. The van der Waals surface area contributed by atoms with Crippen LogP contribution in [0.3, 0.4) is 0 Å². The molecule has 2 nitrogen and oxygen atoms in total. The normalized spacial score (nSPS) is 12.8. The van der Waals surface area contributed by atoms with E-state index < -0.39 is 17.7 Å². The van der Waals surface area contributed by atoms with Crippen LogP contribution in [0.2, 0.25) is 0 Å². The van der Waals surface area contributed by atoms with Gasteiger partial charge in [0.15, 0.2) is 11.6 Å². The number of aryl methyl sites for hydroxylation is 2. The lowest BCUT2D eigenvalue weighted by molar-refractivity contribution is 0.209. The Bertz CT molecular complexity index is 553. The number of hydrogen-bond acceptors (Lipinski definition) is 3. The summed E-state index contributed by atoms with van der Waals surface area (Å²) in [5, 5.41) is 12.3. The topological polar surface area (TPSA) is 33.1 Å². The second kappa shape index (κ2) is 4.50. The third-order valence-electron chi connectivity index (χ3n) is 2.52. The molecule has 5 heteroatoms. The van der Waals surface area contributed by atoms with E-state index in [9.17, 15) is 13.9 Å². The summed E-state index contributed by atoms with van der Waals surface area (Å²) in [5.74, 6) is -1.93. The third-order valence-corrected chi connectivity index (χ3v) is 3.31. The van der Waals surface area contributed by atoms with E-state index in [0.29, 0.717) is 5.69 Å². The number of benzene rings is 1. The molecule has 0 aliphatic carbocycles. The van der Waals surface area contributed by atoms with E-state index in [1.807, 2.05) is 0 Å². The standard InChI is InChI=1S/C12H11F2NOS/c1-6-3-4-8(11(14)10(6)13)12(16)9-5-17-7(2)15-9/h3-5,12,16H,1-2H3. The fourth-order valence-electron chi connectivity index (χ4n) is 1.54. The first-order valence-corrected chi connectivity index (χ1v) is 5.93. The molecule has 0 amide bonds. The van der Waals surface area contributed by atoms with E-state index in [2.05, 4.69) is 4.98 Å². The van der Waals surface area contributed by atoms with Crippen LogP contribution in [-0.2, 0) is 0 Å². The average Bonchev–Trinajstić information content (AvgIpc) is 2.72. The van der Waals surface area contributed by atoms with Crippen molar-refractivity contribution in [1.82, 2.24) is 4.98 Å². The van der Waals surface area contributed by atoms with Crippen molar-refractivity contribution in [3.05, 3.63) is 51.0 Å². The molecule has 1 N–H and O–H groups in total. The van der Waals surface area contributed by atoms with Gasteiger partial charge in [0.2, 0.25) is 0 Å². The van der Waals surface area contributed by atoms with E-state index in [-0.39, 0.29) is 11.1 Å². The fraction of sp³-hybridized carbons (Fsp3) is 0.250. The summed E-state index contributed by atoms with van der Waals surface area (Å²) < 4.78 is 27.0. The Hall–Kier alpha value is -1.33. The van der Waals surface area contributed by atoms with Crippen LogP contribution in [-0.4, -0.2) is 10.1 Å². The molecule has 1 aromatic heterocycles. The molecule has 0 radical (unpaired) electrons. The average molecular weight is 255 g/mol. The Balaban J connectivity index is 2.44. The van der Waals surface area contributed by atoms with Crippen LogP contribution in [0.4, 0.5) is 8.78 Å². The Morgan fingerprint density at radius 2 is 1.94 bits per heavy atom. The van der Waals surface area contributed by atoms with Gasteiger partial charge >= 0.3 is 0 Å². The Morgan fingerprint density at radius 1 is 1.24 bits per heavy atom. The molecule has 1 aromatic carbocycles. The lowest BCUT2D eigenvalue weighted by Gasteiger charge is -2.11. The van der Waals surface area contributed by atoms with Crippen LogP contribution in [0.1, 0.15) is 27.9 Å². The maximum Gasteiger partial charge on any atom is 0.165 e. The van der Waals surface area contributed by atoms with Crippen molar-refractivity contribution in [2.24, 2.45) is 0 Å². The highest BCUT2D eigenvalue weighted by atomic mass is 32.1. The van der Waals surface area contributed by atoms with Gasteiger partial charge in [-0.3, -0.25) is 0 Å². The molecule has 1 unspecified atom stereocenters. The van der Waals surface area contributed by atoms with E-state index >= 15 is 0 Å². The number of rotatable bonds is 2. The number of aromatic nitrogens is 1. The second-order valence-electron chi connectivity index (χ2n) is 3.79. The van der Waals surface area contributed by atoms with Crippen molar-refractivity contribution >= 4 is 11.3 Å². The molecule has 1 atom stereocenters. The molecule has 0 fully saturated rings. The summed E-state index contributed by atoms with van der Waals surface area (Å²) >= 11 is 1.35. The van der Waals surface area contributed by atoms with Gasteiger partial charge in [-0.25, -0.2) is 13.8 Å². The molecule has 2 rings (SSSR count). The zero-order chi connectivity index (χ0) is 12.6. The highest BCUT2D eigenvalue weighted by Crippen LogP contribution is 2.27. The molecule has 0 saturated heterocycles. The largest absolute Gasteiger partial charge is 0.382 e. The predicted octanol–water partition coefficient (Wildman–Crippen LogP) is 3.12. The van der Waals surface area contributed by atoms with E-state index in [1.54, 1.807) is 12.3 Å². The van der Waals surface area contributed by atoms with Crippen LogP contribution >= 0.6 is 11.3 Å². The molecule has 0 spiro atoms. The quantitative estimate of drug-likeness (QED) is 0.894. The predicted molar refractivity (Wildman–Crippen MR) is 62.0 cm³/mol. The molecule has 2 aromatic rings. The van der Waals surface area contributed by atoms with E-state index in [0.717, 1.165) is 5.01 Å². The number of nitrogens with zero attached hydrogens (tertiary/aromatic N) is 1. The number of thiazole rings is 1. The lowest BCUT2D eigenvalue weighted by atomic mass is 10.0. The van der Waals surface area contributed by atoms with Gasteiger partial charge < -0.3 is 5.11 Å². The number of hydrogen-bond donors (Lipinski definition) is 1. The minimum atomic E-state index is -1.23. The molecular formula is C12H11F2NOS. The molecule has 1 heterocycles. The summed E-state index contributed by atoms with van der Waals surface area (Å²) in [7, 11) is 0. The van der Waals surface area contributed by atoms with Crippen molar-refractivity contribution in [2.45, 2.75) is 20.0 Å². The molecule has 0 saturated carbocycles. The van der Waals surface area contributed by atoms with Crippen LogP contribution in [0.15, 0.2) is 17.5 Å². The maximum atomic E-state index is 13.6. The summed E-state index contributed by atoms with van der Waals surface area (Å²) in [6.07, 6.45) is -1.23. The number of halogens is 2. The van der Waals surface area contributed by atoms with Gasteiger partial charge in [-0.05, 0) is 19.4 Å². The summed E-state index contributed by atoms with van der Waals surface area (Å²) in [5.41, 5.74) is 0.473. The monoisotopic (exact) mass is 255 g/mol. The van der Waals surface area contributed by atoms with Crippen molar-refractivity contribution in [1.29, 1.82) is 0 Å². The number of aliphatic hydroxyl groups excluding tert-OH is 1. The van der Waals surface area contributed by atoms with Crippen LogP contribution in [0.5, 0.6) is 0 Å². The molecular weight excluding hydrogens is 244 g/mol. The van der Waals surface area contributed by atoms with Crippen molar-refractivity contribution in [3.8, 4) is 0 Å². The summed E-state index contributed by atoms with van der Waals surface area (Å²) in [4.78, 5) is 4.06. The summed E-state index contributed by atoms with van der Waals surface area (Å²) in [6, 6.07) is 2.82. The Morgan fingerprint density at radius 3 is 2.53 bits per heavy atom. The van der Waals surface area contributed by atoms with E-state index in [1.165, 1.54) is 30.4 Å². The van der Waals surface area contributed by atoms with Gasteiger partial charge in [-0.15, -0.1) is 11.3 Å². The van der Waals surface area contributed by atoms with Gasteiger partial charge in [0.1, 0.15) is 6.10 Å². The van der Waals surface area contributed by atoms with Gasteiger partial charge in [-0.1, -0.05) is 12.1 Å². The van der Waals surface area contributed by atoms with Gasteiger partial charge in [-0.2, -0.15) is 0 Å². The maximum absolute atomic E-state index is 13.6. The smallest absolute Gasteiger partial charge is 0.165 e. The van der Waals surface area contributed by atoms with Crippen LogP contribution in [0.25, 0.3) is 0 Å². The SMILES string of the molecule is Cc1nc(C(O)c2ccc(C)c(F)c2F)cs1. The Labute approximate surface area is 102 Å². The highest BCUT2D eigenvalue weighted by molar-refractivity contribution is 7.09. The molecule has 90 valence electrons. The minimum Gasteiger partial charge on any atom is -0.382 e. The van der Waals surface area contributed by atoms with Crippen LogP contribution < -0.4 is 0 Å². The fourth-order valence-corrected chi connectivity index (χ4v) is 2.17. The molecule has 17 heavy (non-hydrogen) atoms. The highest BCUT2D eigenvalue weighted by Gasteiger charge is 2.20. The zero-order valence-electron chi connectivity index (χ0n) is 9.37. The van der Waals surface area contributed by atoms with Crippen molar-refractivity contribution in [3.63, 3.8) is 0 Å². The Kier molecular flexibility index (Phi) is 3.22. The third kappa shape index (κ3) is 2.21. The van der Waals surface area contributed by atoms with E-state index in [4.69, 9.17) is 0 Å². The van der Waals surface area contributed by atoms with Crippen LogP contribution in [0, 0.1) is 25.5 Å². The number of aliphatic hydroxyl groups is 1.